The van der Waals surface area contributed by atoms with Gasteiger partial charge in [-0.3, -0.25) is 4.68 Å². The molecule has 1 saturated heterocycles. The summed E-state index contributed by atoms with van der Waals surface area (Å²) in [5.74, 6) is 0.250. The van der Waals surface area contributed by atoms with E-state index in [0.717, 1.165) is 45.3 Å². The zero-order valence-corrected chi connectivity index (χ0v) is 15.6. The van der Waals surface area contributed by atoms with Crippen molar-refractivity contribution in [2.75, 3.05) is 13.2 Å². The first-order valence-electron chi connectivity index (χ1n) is 10.0. The molecule has 2 aromatic rings. The third-order valence-corrected chi connectivity index (χ3v) is 6.95. The monoisotopic (exact) mass is 352 g/mol. The Kier molecular flexibility index (Phi) is 3.94. The Labute approximate surface area is 155 Å². The van der Waals surface area contributed by atoms with Gasteiger partial charge in [0.05, 0.1) is 19.4 Å². The predicted octanol–water partition coefficient (Wildman–Crippen LogP) is 3.78. The van der Waals surface area contributed by atoms with Crippen molar-refractivity contribution in [3.05, 3.63) is 53.3 Å². The molecule has 5 rings (SSSR count). The zero-order valence-electron chi connectivity index (χ0n) is 15.6. The first-order valence-corrected chi connectivity index (χ1v) is 10.0. The van der Waals surface area contributed by atoms with Gasteiger partial charge in [0.1, 0.15) is 0 Å². The summed E-state index contributed by atoms with van der Waals surface area (Å²) in [4.78, 5) is 0. The van der Waals surface area contributed by atoms with E-state index in [-0.39, 0.29) is 11.2 Å². The van der Waals surface area contributed by atoms with E-state index < -0.39 is 0 Å². The minimum atomic E-state index is -0.325. The van der Waals surface area contributed by atoms with Gasteiger partial charge in [-0.05, 0) is 49.1 Å². The van der Waals surface area contributed by atoms with Gasteiger partial charge in [0, 0.05) is 31.0 Å². The van der Waals surface area contributed by atoms with E-state index in [4.69, 9.17) is 9.47 Å². The van der Waals surface area contributed by atoms with E-state index in [9.17, 15) is 0 Å². The molecule has 1 aliphatic heterocycles. The van der Waals surface area contributed by atoms with Gasteiger partial charge in [0.25, 0.3) is 0 Å². The molecule has 0 bridgehead atoms. The fraction of sp³-hybridized carbons (Fsp3) is 0.591. The van der Waals surface area contributed by atoms with E-state index in [0.29, 0.717) is 5.92 Å². The van der Waals surface area contributed by atoms with Crippen LogP contribution in [0.25, 0.3) is 0 Å². The summed E-state index contributed by atoms with van der Waals surface area (Å²) in [6.45, 7) is 1.49. The molecule has 0 unspecified atom stereocenters. The lowest BCUT2D eigenvalue weighted by atomic mass is 9.59. The third kappa shape index (κ3) is 2.54. The van der Waals surface area contributed by atoms with Gasteiger partial charge < -0.3 is 9.47 Å². The van der Waals surface area contributed by atoms with E-state index >= 15 is 0 Å². The Bertz CT molecular complexity index is 779. The van der Waals surface area contributed by atoms with Gasteiger partial charge in [0.2, 0.25) is 0 Å². The Hall–Kier alpha value is -1.65. The van der Waals surface area contributed by atoms with Crippen LogP contribution >= 0.6 is 0 Å². The molecule has 2 aliphatic carbocycles. The second-order valence-corrected chi connectivity index (χ2v) is 8.36. The maximum absolute atomic E-state index is 6.12. The highest BCUT2D eigenvalue weighted by atomic mass is 16.7. The number of aromatic nitrogens is 2. The van der Waals surface area contributed by atoms with Gasteiger partial charge in [-0.25, -0.2) is 0 Å². The molecular formula is C22H28N2O2. The molecular weight excluding hydrogens is 324 g/mol. The fourth-order valence-corrected chi connectivity index (χ4v) is 5.86. The summed E-state index contributed by atoms with van der Waals surface area (Å²) in [6.07, 6.45) is 9.93. The van der Waals surface area contributed by atoms with Crippen molar-refractivity contribution in [3.63, 3.8) is 0 Å². The molecule has 26 heavy (non-hydrogen) atoms. The molecule has 0 amide bonds. The number of aryl methyl sites for hydroxylation is 2. The van der Waals surface area contributed by atoms with Crippen LogP contribution in [0.2, 0.25) is 0 Å². The maximum Gasteiger partial charge on any atom is 0.168 e. The van der Waals surface area contributed by atoms with E-state index in [1.54, 1.807) is 0 Å². The minimum absolute atomic E-state index is 0.138. The van der Waals surface area contributed by atoms with Crippen LogP contribution in [-0.2, 0) is 34.8 Å². The summed E-state index contributed by atoms with van der Waals surface area (Å²) in [5, 5.41) is 4.66. The van der Waals surface area contributed by atoms with Crippen molar-refractivity contribution in [1.29, 1.82) is 0 Å². The molecule has 138 valence electrons. The molecule has 2 atom stereocenters. The molecule has 1 saturated carbocycles. The predicted molar refractivity (Wildman–Crippen MR) is 99.9 cm³/mol. The largest absolute Gasteiger partial charge is 0.348 e. The SMILES string of the molecule is Cn1ncc2c1[C@]1(Cc3ccccc3)CCC3(C[C@@H]1CCC2)OCCO3. The van der Waals surface area contributed by atoms with Crippen molar-refractivity contribution < 1.29 is 9.47 Å². The normalized spacial score (nSPS) is 30.0. The average Bonchev–Trinajstić information content (AvgIpc) is 3.22. The maximum atomic E-state index is 6.12. The summed E-state index contributed by atoms with van der Waals surface area (Å²) in [6, 6.07) is 11.0. The van der Waals surface area contributed by atoms with E-state index in [2.05, 4.69) is 53.4 Å². The molecule has 1 spiro atoms. The van der Waals surface area contributed by atoms with Crippen LogP contribution in [0.1, 0.15) is 48.9 Å². The van der Waals surface area contributed by atoms with Crippen molar-refractivity contribution >= 4 is 0 Å². The number of ether oxygens (including phenoxy) is 2. The van der Waals surface area contributed by atoms with Gasteiger partial charge in [-0.15, -0.1) is 0 Å². The molecule has 0 radical (unpaired) electrons. The van der Waals surface area contributed by atoms with Gasteiger partial charge in [-0.2, -0.15) is 5.10 Å². The molecule has 4 nitrogen and oxygen atoms in total. The molecule has 2 fully saturated rings. The Morgan fingerprint density at radius 1 is 1.15 bits per heavy atom. The van der Waals surface area contributed by atoms with Gasteiger partial charge in [0.15, 0.2) is 5.79 Å². The highest BCUT2D eigenvalue weighted by molar-refractivity contribution is 5.34. The third-order valence-electron chi connectivity index (χ3n) is 6.95. The number of hydrogen-bond acceptors (Lipinski definition) is 3. The van der Waals surface area contributed by atoms with Crippen LogP contribution < -0.4 is 0 Å². The minimum Gasteiger partial charge on any atom is -0.348 e. The standard InChI is InChI=1S/C22H28N2O2/c1-24-20-18(16-23-24)8-5-9-19-15-22(25-12-13-26-22)11-10-21(19,20)14-17-6-3-2-4-7-17/h2-4,6-7,16,19H,5,8-15H2,1H3/t19-,21-/m0/s1. The quantitative estimate of drug-likeness (QED) is 0.825. The Morgan fingerprint density at radius 3 is 2.77 bits per heavy atom. The van der Waals surface area contributed by atoms with E-state index in [1.165, 1.54) is 29.7 Å². The Balaban J connectivity index is 1.60. The van der Waals surface area contributed by atoms with Crippen LogP contribution in [0.4, 0.5) is 0 Å². The Morgan fingerprint density at radius 2 is 1.96 bits per heavy atom. The second-order valence-electron chi connectivity index (χ2n) is 8.36. The van der Waals surface area contributed by atoms with Crippen molar-refractivity contribution in [2.45, 2.75) is 56.1 Å². The zero-order chi connectivity index (χ0) is 17.6. The van der Waals surface area contributed by atoms with Crippen molar-refractivity contribution in [3.8, 4) is 0 Å². The lowest BCUT2D eigenvalue weighted by molar-refractivity contribution is -0.199. The van der Waals surface area contributed by atoms with Gasteiger partial charge >= 0.3 is 0 Å². The topological polar surface area (TPSA) is 36.3 Å². The van der Waals surface area contributed by atoms with Crippen LogP contribution in [0, 0.1) is 5.92 Å². The van der Waals surface area contributed by atoms with Crippen LogP contribution in [0.15, 0.2) is 36.5 Å². The van der Waals surface area contributed by atoms with E-state index in [1.807, 2.05) is 0 Å². The number of rotatable bonds is 2. The molecule has 1 aromatic carbocycles. The molecule has 0 N–H and O–H groups in total. The molecule has 4 heteroatoms. The second kappa shape index (κ2) is 6.21. The van der Waals surface area contributed by atoms with Gasteiger partial charge in [-0.1, -0.05) is 30.3 Å². The smallest absolute Gasteiger partial charge is 0.168 e. The summed E-state index contributed by atoms with van der Waals surface area (Å²) in [5.41, 5.74) is 4.49. The van der Waals surface area contributed by atoms with Crippen molar-refractivity contribution in [1.82, 2.24) is 9.78 Å². The number of fused-ring (bicyclic) bond motifs is 3. The molecule has 3 aliphatic rings. The first-order chi connectivity index (χ1) is 12.7. The summed E-state index contributed by atoms with van der Waals surface area (Å²) in [7, 11) is 2.13. The van der Waals surface area contributed by atoms with Crippen LogP contribution in [0.3, 0.4) is 0 Å². The lowest BCUT2D eigenvalue weighted by Gasteiger charge is -2.49. The highest BCUT2D eigenvalue weighted by Crippen LogP contribution is 2.55. The number of hydrogen-bond donors (Lipinski definition) is 0. The fourth-order valence-electron chi connectivity index (χ4n) is 5.86. The lowest BCUT2D eigenvalue weighted by Crippen LogP contribution is -2.50. The van der Waals surface area contributed by atoms with Crippen LogP contribution in [0.5, 0.6) is 0 Å². The average molecular weight is 352 g/mol. The summed E-state index contributed by atoms with van der Waals surface area (Å²) < 4.78 is 14.4. The number of nitrogens with zero attached hydrogens (tertiary/aromatic N) is 2. The van der Waals surface area contributed by atoms with Crippen molar-refractivity contribution in [2.24, 2.45) is 13.0 Å². The molecule has 2 heterocycles. The molecule has 1 aromatic heterocycles. The van der Waals surface area contributed by atoms with Crippen LogP contribution in [-0.4, -0.2) is 28.8 Å². The highest BCUT2D eigenvalue weighted by Gasteiger charge is 2.54. The summed E-state index contributed by atoms with van der Waals surface area (Å²) >= 11 is 0. The number of benzene rings is 1. The first kappa shape index (κ1) is 16.5.